The Kier molecular flexibility index (Phi) is 7.21. The monoisotopic (exact) mass is 336 g/mol. The van der Waals surface area contributed by atoms with E-state index in [4.69, 9.17) is 0 Å². The van der Waals surface area contributed by atoms with E-state index in [2.05, 4.69) is 19.4 Å². The molecule has 0 aliphatic carbocycles. The van der Waals surface area contributed by atoms with Gasteiger partial charge in [-0.1, -0.05) is 0 Å². The van der Waals surface area contributed by atoms with Crippen LogP contribution >= 0.6 is 10.0 Å². The smallest absolute Gasteiger partial charge is 0.295 e. The van der Waals surface area contributed by atoms with E-state index in [9.17, 15) is 40.5 Å². The number of hydrogen-bond donors (Lipinski definition) is 0. The molecule has 0 amide bonds. The summed E-state index contributed by atoms with van der Waals surface area (Å²) in [5.74, 6) is -3.80. The van der Waals surface area contributed by atoms with Crippen LogP contribution in [0.25, 0.3) is 0 Å². The highest BCUT2D eigenvalue weighted by Crippen LogP contribution is 2.48. The van der Waals surface area contributed by atoms with Gasteiger partial charge in [0.25, 0.3) is 20.3 Å². The average molecular weight is 336 g/mol. The molecule has 0 unspecified atom stereocenters. The second-order valence-corrected chi connectivity index (χ2v) is 6.50. The zero-order valence-corrected chi connectivity index (χ0v) is 10.7. The Morgan fingerprint density at radius 2 is 0.762 bits per heavy atom. The third kappa shape index (κ3) is 8.80. The predicted molar refractivity (Wildman–Crippen MR) is 59.4 cm³/mol. The molecule has 16 nitrogen and oxygen atoms in total. The van der Waals surface area contributed by atoms with E-state index in [0.29, 0.717) is 0 Å². The molecule has 0 spiro atoms. The second kappa shape index (κ2) is 8.35. The van der Waals surface area contributed by atoms with Crippen LogP contribution in [0.2, 0.25) is 0 Å². The van der Waals surface area contributed by atoms with Crippen molar-refractivity contribution in [3.8, 4) is 0 Å². The van der Waals surface area contributed by atoms with Gasteiger partial charge in [0.05, 0.1) is 0 Å². The van der Waals surface area contributed by atoms with Crippen molar-refractivity contribution in [2.24, 2.45) is 0 Å². The molecule has 0 aliphatic heterocycles. The molecule has 21 heavy (non-hydrogen) atoms. The molecule has 0 saturated carbocycles. The van der Waals surface area contributed by atoms with Gasteiger partial charge in [-0.15, -0.1) is 50.5 Å². The molecule has 0 aromatic rings. The van der Waals surface area contributed by atoms with Crippen molar-refractivity contribution in [3.63, 3.8) is 0 Å². The van der Waals surface area contributed by atoms with Gasteiger partial charge in [0, 0.05) is 0 Å². The molecule has 0 aromatic heterocycles. The zero-order valence-electron chi connectivity index (χ0n) is 9.92. The average Bonchev–Trinajstić information content (AvgIpc) is 2.36. The van der Waals surface area contributed by atoms with Gasteiger partial charge in [0.15, 0.2) is 0 Å². The summed E-state index contributed by atoms with van der Waals surface area (Å²) in [6.07, 6.45) is 0. The molecule has 0 saturated heterocycles. The van der Waals surface area contributed by atoms with E-state index < -0.39 is 54.1 Å². The first-order valence-electron chi connectivity index (χ1n) is 4.50. The normalized spacial score (nSPS) is 11.0. The molecule has 122 valence electrons. The van der Waals surface area contributed by atoms with Crippen molar-refractivity contribution in [3.05, 3.63) is 40.5 Å². The molecular formula is C4H8N4O12S. The lowest BCUT2D eigenvalue weighted by atomic mass is 11.6. The van der Waals surface area contributed by atoms with Crippen LogP contribution in [0.1, 0.15) is 0 Å². The van der Waals surface area contributed by atoms with Crippen molar-refractivity contribution in [1.29, 1.82) is 0 Å². The van der Waals surface area contributed by atoms with Crippen LogP contribution in [0.4, 0.5) is 0 Å². The molecule has 0 rings (SSSR count). The molecule has 0 bridgehead atoms. The lowest BCUT2D eigenvalue weighted by Crippen LogP contribution is -2.27. The van der Waals surface area contributed by atoms with Crippen molar-refractivity contribution >= 4 is 10.0 Å². The van der Waals surface area contributed by atoms with Gasteiger partial charge in [-0.25, -0.2) is 0 Å². The largest absolute Gasteiger partial charge is 0.304 e. The summed E-state index contributed by atoms with van der Waals surface area (Å²) >= 11 is 0. The van der Waals surface area contributed by atoms with Crippen LogP contribution in [0.15, 0.2) is 0 Å². The predicted octanol–water partition coefficient (Wildman–Crippen LogP) is -0.546. The Hall–Kier alpha value is -2.85. The summed E-state index contributed by atoms with van der Waals surface area (Å²) in [6.45, 7) is 0. The fourth-order valence-corrected chi connectivity index (χ4v) is 2.47. The van der Waals surface area contributed by atoms with E-state index in [1.165, 1.54) is 0 Å². The van der Waals surface area contributed by atoms with E-state index in [-0.39, 0.29) is 0 Å². The van der Waals surface area contributed by atoms with Crippen molar-refractivity contribution < 1.29 is 39.7 Å². The van der Waals surface area contributed by atoms with Crippen LogP contribution < -0.4 is 0 Å². The lowest BCUT2D eigenvalue weighted by Gasteiger charge is -2.34. The minimum atomic E-state index is -3.03. The van der Waals surface area contributed by atoms with Crippen LogP contribution in [-0.4, -0.2) is 44.1 Å². The highest BCUT2D eigenvalue weighted by molar-refractivity contribution is 8.33. The van der Waals surface area contributed by atoms with Gasteiger partial charge >= 0.3 is 0 Å². The topological polar surface area (TPSA) is 209 Å². The lowest BCUT2D eigenvalue weighted by molar-refractivity contribution is -0.761. The van der Waals surface area contributed by atoms with Gasteiger partial charge in [0.2, 0.25) is 0 Å². The van der Waals surface area contributed by atoms with Crippen LogP contribution in [0.3, 0.4) is 0 Å². The minimum absolute atomic E-state index is 0.949. The Morgan fingerprint density at radius 3 is 0.905 bits per heavy atom. The van der Waals surface area contributed by atoms with E-state index in [1.54, 1.807) is 0 Å². The molecular weight excluding hydrogens is 328 g/mol. The van der Waals surface area contributed by atoms with Gasteiger partial charge < -0.3 is 19.4 Å². The minimum Gasteiger partial charge on any atom is -0.304 e. The standard InChI is InChI=1S/C4H8N4O12S/c9-5(10)17-1-21(2-18-6(11)12,3-19-7(13)14)4-20-8(15)16/h1-4H2. The number of hydrogen-bond acceptors (Lipinski definition) is 12. The molecule has 0 aromatic carbocycles. The fraction of sp³-hybridized carbons (Fsp3) is 1.00. The first-order chi connectivity index (χ1) is 9.67. The number of rotatable bonds is 12. The van der Waals surface area contributed by atoms with Gasteiger partial charge in [-0.05, 0) is 0 Å². The van der Waals surface area contributed by atoms with Gasteiger partial charge in [-0.2, -0.15) is 0 Å². The summed E-state index contributed by atoms with van der Waals surface area (Å²) in [7, 11) is -3.03. The summed E-state index contributed by atoms with van der Waals surface area (Å²) in [6, 6.07) is 0. The van der Waals surface area contributed by atoms with Crippen LogP contribution in [0.5, 0.6) is 0 Å². The summed E-state index contributed by atoms with van der Waals surface area (Å²) in [4.78, 5) is 56.4. The van der Waals surface area contributed by atoms with Crippen molar-refractivity contribution in [2.45, 2.75) is 0 Å². The van der Waals surface area contributed by atoms with Crippen LogP contribution in [0, 0.1) is 40.5 Å². The quantitative estimate of drug-likeness (QED) is 0.324. The van der Waals surface area contributed by atoms with Crippen LogP contribution in [-0.2, 0) is 19.4 Å². The highest BCUT2D eigenvalue weighted by atomic mass is 32.3. The Labute approximate surface area is 115 Å². The Bertz CT molecular complexity index is 337. The van der Waals surface area contributed by atoms with Gasteiger partial charge in [-0.3, -0.25) is 0 Å². The zero-order chi connectivity index (χ0) is 16.5. The first kappa shape index (κ1) is 18.1. The van der Waals surface area contributed by atoms with E-state index in [0.717, 1.165) is 0 Å². The maximum Gasteiger partial charge on any atom is 0.295 e. The molecule has 0 N–H and O–H groups in total. The molecule has 0 radical (unpaired) electrons. The van der Waals surface area contributed by atoms with Crippen molar-refractivity contribution in [2.75, 3.05) is 23.8 Å². The Balaban J connectivity index is 5.02. The third-order valence-electron chi connectivity index (χ3n) is 1.63. The summed E-state index contributed by atoms with van der Waals surface area (Å²) in [5, 5.41) is 35.4. The molecule has 17 heteroatoms. The maximum atomic E-state index is 10.1. The molecule has 0 heterocycles. The Morgan fingerprint density at radius 1 is 0.571 bits per heavy atom. The first-order valence-corrected chi connectivity index (χ1v) is 6.81. The van der Waals surface area contributed by atoms with E-state index in [1.807, 2.05) is 0 Å². The van der Waals surface area contributed by atoms with E-state index >= 15 is 0 Å². The SMILES string of the molecule is O=[N+]([O-])OCS(CO[N+](=O)[O-])(CO[N+](=O)[O-])CO[N+](=O)[O-]. The summed E-state index contributed by atoms with van der Waals surface area (Å²) in [5.41, 5.74) is 0. The molecule has 0 fully saturated rings. The third-order valence-corrected chi connectivity index (χ3v) is 4.05. The molecule has 0 aliphatic rings. The molecule has 0 atom stereocenters. The highest BCUT2D eigenvalue weighted by Gasteiger charge is 2.31. The number of nitrogens with zero attached hydrogens (tertiary/aromatic N) is 4. The maximum absolute atomic E-state index is 10.1. The summed E-state index contributed by atoms with van der Waals surface area (Å²) < 4.78 is 0. The fourth-order valence-electron chi connectivity index (χ4n) is 0.823. The van der Waals surface area contributed by atoms with Gasteiger partial charge in [0.1, 0.15) is 23.8 Å². The van der Waals surface area contributed by atoms with Crippen molar-refractivity contribution in [1.82, 2.24) is 0 Å². The second-order valence-electron chi connectivity index (χ2n) is 3.11.